The molecule has 3 rings (SSSR count). The van der Waals surface area contributed by atoms with Crippen molar-refractivity contribution in [3.8, 4) is 0 Å². The van der Waals surface area contributed by atoms with Gasteiger partial charge in [0, 0.05) is 16.4 Å². The average molecular weight is 381 g/mol. The molecule has 1 heterocycles. The van der Waals surface area contributed by atoms with Gasteiger partial charge in [0.05, 0.1) is 6.04 Å². The molecule has 0 saturated heterocycles. The molecule has 0 fully saturated rings. The molecule has 6 heteroatoms. The summed E-state index contributed by atoms with van der Waals surface area (Å²) in [4.78, 5) is 21.4. The average Bonchev–Trinajstić information content (AvgIpc) is 2.65. The molecule has 1 amide bonds. The summed E-state index contributed by atoms with van der Waals surface area (Å²) in [6, 6.07) is 17.1. The zero-order chi connectivity index (χ0) is 19.4. The molecule has 1 atom stereocenters. The number of hydrogen-bond acceptors (Lipinski definition) is 4. The molecule has 0 aliphatic rings. The van der Waals surface area contributed by atoms with Crippen LogP contribution in [0.5, 0.6) is 0 Å². The number of carbonyl (C=O) groups excluding carboxylic acids is 1. The highest BCUT2D eigenvalue weighted by atomic mass is 35.5. The molecule has 5 nitrogen and oxygen atoms in total. The van der Waals surface area contributed by atoms with Gasteiger partial charge in [-0.3, -0.25) is 4.79 Å². The summed E-state index contributed by atoms with van der Waals surface area (Å²) in [5.74, 6) is 0.106. The molecule has 0 spiro atoms. The third-order valence-corrected chi connectivity index (χ3v) is 4.57. The summed E-state index contributed by atoms with van der Waals surface area (Å²) in [6.07, 6.45) is 0. The van der Waals surface area contributed by atoms with Crippen LogP contribution in [-0.4, -0.2) is 15.9 Å². The van der Waals surface area contributed by atoms with Crippen molar-refractivity contribution in [2.24, 2.45) is 0 Å². The highest BCUT2D eigenvalue weighted by Gasteiger charge is 2.13. The second kappa shape index (κ2) is 8.18. The van der Waals surface area contributed by atoms with E-state index in [-0.39, 0.29) is 11.9 Å². The molecule has 27 heavy (non-hydrogen) atoms. The van der Waals surface area contributed by atoms with Crippen molar-refractivity contribution >= 4 is 29.1 Å². The predicted octanol–water partition coefficient (Wildman–Crippen LogP) is 5.17. The molecular formula is C21H21ClN4O. The molecule has 1 unspecified atom stereocenters. The van der Waals surface area contributed by atoms with E-state index in [2.05, 4.69) is 20.6 Å². The number of anilines is 2. The fraction of sp³-hybridized carbons (Fsp3) is 0.190. The van der Waals surface area contributed by atoms with Gasteiger partial charge in [-0.05, 0) is 50.1 Å². The lowest BCUT2D eigenvalue weighted by molar-refractivity contribution is 0.102. The lowest BCUT2D eigenvalue weighted by Gasteiger charge is -2.15. The monoisotopic (exact) mass is 380 g/mol. The molecule has 0 radical (unpaired) electrons. The van der Waals surface area contributed by atoms with Crippen molar-refractivity contribution in [1.29, 1.82) is 0 Å². The van der Waals surface area contributed by atoms with Crippen molar-refractivity contribution < 1.29 is 4.79 Å². The Labute approximate surface area is 163 Å². The van der Waals surface area contributed by atoms with Crippen LogP contribution in [0.15, 0.2) is 54.6 Å². The first-order chi connectivity index (χ1) is 12.9. The van der Waals surface area contributed by atoms with Crippen molar-refractivity contribution in [2.45, 2.75) is 26.8 Å². The predicted molar refractivity (Wildman–Crippen MR) is 109 cm³/mol. The van der Waals surface area contributed by atoms with Gasteiger partial charge in [0.25, 0.3) is 5.91 Å². The minimum atomic E-state index is -0.309. The van der Waals surface area contributed by atoms with Gasteiger partial charge in [0.2, 0.25) is 5.95 Å². The van der Waals surface area contributed by atoms with Crippen LogP contribution in [0.4, 0.5) is 11.6 Å². The van der Waals surface area contributed by atoms with Gasteiger partial charge in [-0.15, -0.1) is 0 Å². The topological polar surface area (TPSA) is 66.9 Å². The van der Waals surface area contributed by atoms with Crippen LogP contribution in [0.1, 0.15) is 40.3 Å². The molecule has 0 bridgehead atoms. The van der Waals surface area contributed by atoms with Gasteiger partial charge in [0.1, 0.15) is 5.69 Å². The van der Waals surface area contributed by atoms with E-state index in [1.165, 1.54) is 0 Å². The van der Waals surface area contributed by atoms with Crippen molar-refractivity contribution in [2.75, 3.05) is 10.6 Å². The number of nitrogens with zero attached hydrogens (tertiary/aromatic N) is 2. The minimum Gasteiger partial charge on any atom is -0.348 e. The van der Waals surface area contributed by atoms with Gasteiger partial charge < -0.3 is 10.6 Å². The molecule has 0 aliphatic carbocycles. The van der Waals surface area contributed by atoms with E-state index in [0.717, 1.165) is 11.1 Å². The summed E-state index contributed by atoms with van der Waals surface area (Å²) in [6.45, 7) is 5.77. The van der Waals surface area contributed by atoms with E-state index in [1.807, 2.05) is 63.2 Å². The number of nitrogens with one attached hydrogen (secondary N) is 2. The Bertz CT molecular complexity index is 960. The Morgan fingerprint density at radius 3 is 2.48 bits per heavy atom. The number of carbonyl (C=O) groups is 1. The van der Waals surface area contributed by atoms with Gasteiger partial charge in [-0.1, -0.05) is 48.0 Å². The summed E-state index contributed by atoms with van der Waals surface area (Å²) in [7, 11) is 0. The number of aryl methyl sites for hydroxylation is 2. The fourth-order valence-electron chi connectivity index (χ4n) is 2.63. The second-order valence-corrected chi connectivity index (χ2v) is 6.82. The summed E-state index contributed by atoms with van der Waals surface area (Å²) < 4.78 is 0. The molecule has 1 aromatic heterocycles. The standard InChI is InChI=1S/C21H21ClN4O/c1-13-9-10-17(12-18(13)22)25-20(27)19-11-14(2)23-21(26-19)24-15(3)16-7-5-4-6-8-16/h4-12,15H,1-3H3,(H,25,27)(H,23,24,26). The van der Waals surface area contributed by atoms with Crippen molar-refractivity contribution in [3.05, 3.63) is 82.1 Å². The lowest BCUT2D eigenvalue weighted by atomic mass is 10.1. The molecule has 2 N–H and O–H groups in total. The smallest absolute Gasteiger partial charge is 0.274 e. The highest BCUT2D eigenvalue weighted by Crippen LogP contribution is 2.21. The van der Waals surface area contributed by atoms with Crippen LogP contribution >= 0.6 is 11.6 Å². The molecule has 0 aliphatic heterocycles. The Hall–Kier alpha value is -2.92. The van der Waals surface area contributed by atoms with Crippen molar-refractivity contribution in [1.82, 2.24) is 9.97 Å². The fourth-order valence-corrected chi connectivity index (χ4v) is 2.81. The molecular weight excluding hydrogens is 360 g/mol. The maximum atomic E-state index is 12.6. The zero-order valence-electron chi connectivity index (χ0n) is 15.5. The van der Waals surface area contributed by atoms with E-state index in [4.69, 9.17) is 11.6 Å². The van der Waals surface area contributed by atoms with E-state index in [1.54, 1.807) is 12.1 Å². The first-order valence-corrected chi connectivity index (χ1v) is 9.05. The van der Waals surface area contributed by atoms with Gasteiger partial charge >= 0.3 is 0 Å². The third-order valence-electron chi connectivity index (χ3n) is 4.16. The van der Waals surface area contributed by atoms with Gasteiger partial charge in [-0.2, -0.15) is 0 Å². The van der Waals surface area contributed by atoms with Crippen LogP contribution in [0.3, 0.4) is 0 Å². The van der Waals surface area contributed by atoms with E-state index < -0.39 is 0 Å². The van der Waals surface area contributed by atoms with E-state index in [9.17, 15) is 4.79 Å². The number of halogens is 1. The number of hydrogen-bond donors (Lipinski definition) is 2. The van der Waals surface area contributed by atoms with Gasteiger partial charge in [-0.25, -0.2) is 9.97 Å². The Morgan fingerprint density at radius 2 is 1.78 bits per heavy atom. The van der Waals surface area contributed by atoms with E-state index >= 15 is 0 Å². The SMILES string of the molecule is Cc1cc(C(=O)Nc2ccc(C)c(Cl)c2)nc(NC(C)c2ccccc2)n1. The normalized spacial score (nSPS) is 11.7. The first-order valence-electron chi connectivity index (χ1n) is 8.67. The van der Waals surface area contributed by atoms with Crippen LogP contribution < -0.4 is 10.6 Å². The van der Waals surface area contributed by atoms with Crippen LogP contribution in [0.2, 0.25) is 5.02 Å². The largest absolute Gasteiger partial charge is 0.348 e. The first kappa shape index (κ1) is 18.9. The van der Waals surface area contributed by atoms with Crippen LogP contribution in [0, 0.1) is 13.8 Å². The molecule has 138 valence electrons. The Balaban J connectivity index is 1.78. The third kappa shape index (κ3) is 4.83. The molecule has 0 saturated carbocycles. The van der Waals surface area contributed by atoms with E-state index in [0.29, 0.717) is 28.0 Å². The molecule has 3 aromatic rings. The van der Waals surface area contributed by atoms with Gasteiger partial charge in [0.15, 0.2) is 0 Å². The number of rotatable bonds is 5. The van der Waals surface area contributed by atoms with Crippen LogP contribution in [0.25, 0.3) is 0 Å². The lowest BCUT2D eigenvalue weighted by Crippen LogP contribution is -2.17. The van der Waals surface area contributed by atoms with Crippen molar-refractivity contribution in [3.63, 3.8) is 0 Å². The Kier molecular flexibility index (Phi) is 5.72. The second-order valence-electron chi connectivity index (χ2n) is 6.41. The summed E-state index contributed by atoms with van der Waals surface area (Å²) in [5.41, 5.74) is 3.69. The summed E-state index contributed by atoms with van der Waals surface area (Å²) in [5, 5.41) is 6.68. The number of aromatic nitrogens is 2. The molecule has 2 aromatic carbocycles. The summed E-state index contributed by atoms with van der Waals surface area (Å²) >= 11 is 6.12. The minimum absolute atomic E-state index is 0.0137. The quantitative estimate of drug-likeness (QED) is 0.640. The zero-order valence-corrected chi connectivity index (χ0v) is 16.2. The number of benzene rings is 2. The van der Waals surface area contributed by atoms with Crippen LogP contribution in [-0.2, 0) is 0 Å². The number of amides is 1. The maximum absolute atomic E-state index is 12.6. The Morgan fingerprint density at radius 1 is 1.04 bits per heavy atom. The highest BCUT2D eigenvalue weighted by molar-refractivity contribution is 6.31. The maximum Gasteiger partial charge on any atom is 0.274 e.